The predicted octanol–water partition coefficient (Wildman–Crippen LogP) is 5.33. The Bertz CT molecular complexity index is 1160. The number of halogens is 4. The molecule has 2 unspecified atom stereocenters. The topological polar surface area (TPSA) is 94.4 Å². The van der Waals surface area contributed by atoms with E-state index in [2.05, 4.69) is 10.1 Å². The van der Waals surface area contributed by atoms with Gasteiger partial charge < -0.3 is 4.74 Å². The number of nitrogens with zero attached hydrogens (tertiary/aromatic N) is 4. The normalized spacial score (nSPS) is 19.5. The summed E-state index contributed by atoms with van der Waals surface area (Å²) < 4.78 is 49.0. The Morgan fingerprint density at radius 2 is 1.72 bits per heavy atom. The molecule has 0 aliphatic carbocycles. The zero-order valence-electron chi connectivity index (χ0n) is 20.8. The average Bonchev–Trinajstić information content (AvgIpc) is 3.34. The van der Waals surface area contributed by atoms with Crippen LogP contribution in [0.1, 0.15) is 69.4 Å². The van der Waals surface area contributed by atoms with Gasteiger partial charge in [-0.05, 0) is 18.6 Å². The Morgan fingerprint density at radius 1 is 1.11 bits per heavy atom. The molecule has 2 amide bonds. The molecular formula is C23H28ClF3N4O4S. The van der Waals surface area contributed by atoms with Gasteiger partial charge in [0.2, 0.25) is 11.8 Å². The number of hydrogen-bond acceptors (Lipinski definition) is 7. The monoisotopic (exact) mass is 548 g/mol. The van der Waals surface area contributed by atoms with Gasteiger partial charge in [0.25, 0.3) is 5.91 Å². The number of aromatic nitrogens is 3. The van der Waals surface area contributed by atoms with E-state index in [1.54, 1.807) is 53.7 Å². The quantitative estimate of drug-likeness (QED) is 0.513. The molecule has 0 aromatic carbocycles. The molecular weight excluding hydrogens is 521 g/mol. The highest BCUT2D eigenvalue weighted by molar-refractivity contribution is 7.16. The first kappa shape index (κ1) is 28.1. The number of ether oxygens (including phenoxy) is 1. The van der Waals surface area contributed by atoms with E-state index in [-0.39, 0.29) is 19.2 Å². The van der Waals surface area contributed by atoms with Crippen molar-refractivity contribution in [1.29, 1.82) is 0 Å². The predicted molar refractivity (Wildman–Crippen MR) is 127 cm³/mol. The fraction of sp³-hybridized carbons (Fsp3) is 0.609. The Balaban J connectivity index is 2.07. The molecule has 3 rings (SSSR count). The fourth-order valence-electron chi connectivity index (χ4n) is 3.69. The summed E-state index contributed by atoms with van der Waals surface area (Å²) in [6, 6.07) is 3.00. The lowest BCUT2D eigenvalue weighted by Gasteiger charge is -2.38. The molecule has 0 bridgehead atoms. The van der Waals surface area contributed by atoms with Crippen LogP contribution in [0.3, 0.4) is 0 Å². The molecule has 2 aromatic rings. The first-order valence-electron chi connectivity index (χ1n) is 11.2. The van der Waals surface area contributed by atoms with Gasteiger partial charge in [0, 0.05) is 22.3 Å². The molecule has 0 saturated carbocycles. The Hall–Kier alpha value is -2.47. The van der Waals surface area contributed by atoms with Crippen LogP contribution in [-0.2, 0) is 16.2 Å². The van der Waals surface area contributed by atoms with Crippen LogP contribution in [0.5, 0.6) is 6.01 Å². The summed E-state index contributed by atoms with van der Waals surface area (Å²) in [5.74, 6) is -6.80. The molecule has 1 fully saturated rings. The third-order valence-electron chi connectivity index (χ3n) is 5.58. The standard InChI is InChI=1S/C23H28ClF3N4O4S/c1-21(2,3)18(33)30-10-9-13(23(25,26)27)15(17(30)32)16-28-20(31(29-16)19(34)22(4,5)6)35-11-12-7-8-14(24)36-12/h7-8,13,15H,9-11H2,1-6H3. The second-order valence-corrected chi connectivity index (χ2v) is 12.5. The highest BCUT2D eigenvalue weighted by Gasteiger charge is 2.55. The summed E-state index contributed by atoms with van der Waals surface area (Å²) in [4.78, 5) is 44.8. The first-order valence-corrected chi connectivity index (χ1v) is 12.4. The second kappa shape index (κ2) is 9.77. The zero-order valence-corrected chi connectivity index (χ0v) is 22.3. The van der Waals surface area contributed by atoms with Gasteiger partial charge in [-0.15, -0.1) is 21.1 Å². The van der Waals surface area contributed by atoms with Gasteiger partial charge in [0.15, 0.2) is 5.82 Å². The highest BCUT2D eigenvalue weighted by Crippen LogP contribution is 2.44. The van der Waals surface area contributed by atoms with Gasteiger partial charge in [-0.25, -0.2) is 0 Å². The summed E-state index contributed by atoms with van der Waals surface area (Å²) in [5, 5.41) is 4.04. The molecule has 36 heavy (non-hydrogen) atoms. The summed E-state index contributed by atoms with van der Waals surface area (Å²) in [5.41, 5.74) is -1.97. The minimum absolute atomic E-state index is 0.0666. The van der Waals surface area contributed by atoms with Crippen LogP contribution in [0.2, 0.25) is 4.34 Å². The first-order chi connectivity index (χ1) is 16.4. The number of rotatable bonds is 4. The van der Waals surface area contributed by atoms with E-state index in [0.717, 1.165) is 9.58 Å². The van der Waals surface area contributed by atoms with Gasteiger partial charge in [0.1, 0.15) is 12.5 Å². The minimum Gasteiger partial charge on any atom is -0.458 e. The van der Waals surface area contributed by atoms with Gasteiger partial charge in [-0.3, -0.25) is 19.3 Å². The molecule has 1 saturated heterocycles. The Kier molecular flexibility index (Phi) is 7.63. The van der Waals surface area contributed by atoms with Crippen molar-refractivity contribution in [1.82, 2.24) is 19.7 Å². The summed E-state index contributed by atoms with van der Waals surface area (Å²) in [6.07, 6.45) is -5.27. The number of carbonyl (C=O) groups is 3. The molecule has 8 nitrogen and oxygen atoms in total. The van der Waals surface area contributed by atoms with Crippen LogP contribution in [0.15, 0.2) is 12.1 Å². The number of imide groups is 1. The van der Waals surface area contributed by atoms with Crippen LogP contribution < -0.4 is 4.74 Å². The lowest BCUT2D eigenvalue weighted by atomic mass is 9.82. The molecule has 198 valence electrons. The molecule has 2 atom stereocenters. The SMILES string of the molecule is CC(C)(C)C(=O)N1CCC(C(F)(F)F)C(c2nc(OCc3ccc(Cl)s3)n(C(=O)C(C)(C)C)n2)C1=O. The highest BCUT2D eigenvalue weighted by atomic mass is 35.5. The molecule has 1 aliphatic rings. The maximum absolute atomic E-state index is 14.0. The maximum Gasteiger partial charge on any atom is 0.393 e. The number of amides is 2. The van der Waals surface area contributed by atoms with Crippen LogP contribution in [0.4, 0.5) is 13.2 Å². The van der Waals surface area contributed by atoms with E-state index in [1.807, 2.05) is 0 Å². The third kappa shape index (κ3) is 5.91. The molecule has 0 spiro atoms. The largest absolute Gasteiger partial charge is 0.458 e. The van der Waals surface area contributed by atoms with Gasteiger partial charge in [-0.2, -0.15) is 18.2 Å². The van der Waals surface area contributed by atoms with Crippen LogP contribution in [-0.4, -0.2) is 50.1 Å². The van der Waals surface area contributed by atoms with E-state index in [0.29, 0.717) is 9.21 Å². The molecule has 1 aliphatic heterocycles. The van der Waals surface area contributed by atoms with Crippen molar-refractivity contribution < 1.29 is 32.3 Å². The lowest BCUT2D eigenvalue weighted by Crippen LogP contribution is -2.53. The molecule has 13 heteroatoms. The molecule has 3 heterocycles. The maximum atomic E-state index is 14.0. The Labute approximate surface area is 215 Å². The number of alkyl halides is 3. The average molecular weight is 549 g/mol. The molecule has 2 aromatic heterocycles. The van der Waals surface area contributed by atoms with Crippen molar-refractivity contribution in [2.75, 3.05) is 6.54 Å². The second-order valence-electron chi connectivity index (χ2n) is 10.7. The van der Waals surface area contributed by atoms with E-state index < -0.39 is 58.8 Å². The van der Waals surface area contributed by atoms with Crippen molar-refractivity contribution in [2.24, 2.45) is 16.7 Å². The smallest absolute Gasteiger partial charge is 0.393 e. The van der Waals surface area contributed by atoms with Crippen LogP contribution >= 0.6 is 22.9 Å². The lowest BCUT2D eigenvalue weighted by molar-refractivity contribution is -0.197. The van der Waals surface area contributed by atoms with Crippen molar-refractivity contribution in [3.8, 4) is 6.01 Å². The third-order valence-corrected chi connectivity index (χ3v) is 6.79. The van der Waals surface area contributed by atoms with E-state index in [4.69, 9.17) is 16.3 Å². The van der Waals surface area contributed by atoms with E-state index in [9.17, 15) is 27.6 Å². The summed E-state index contributed by atoms with van der Waals surface area (Å²) >= 11 is 7.16. The number of likely N-dealkylation sites (tertiary alicyclic amines) is 1. The summed E-state index contributed by atoms with van der Waals surface area (Å²) in [7, 11) is 0. The van der Waals surface area contributed by atoms with Crippen molar-refractivity contribution in [2.45, 2.75) is 66.7 Å². The van der Waals surface area contributed by atoms with Crippen molar-refractivity contribution in [3.05, 3.63) is 27.2 Å². The van der Waals surface area contributed by atoms with E-state index >= 15 is 0 Å². The minimum atomic E-state index is -4.76. The van der Waals surface area contributed by atoms with Crippen LogP contribution in [0, 0.1) is 16.7 Å². The fourth-order valence-corrected chi connectivity index (χ4v) is 4.69. The zero-order chi connectivity index (χ0) is 27.2. The van der Waals surface area contributed by atoms with Gasteiger partial charge >= 0.3 is 12.2 Å². The number of piperidine rings is 1. The Morgan fingerprint density at radius 3 is 2.22 bits per heavy atom. The van der Waals surface area contributed by atoms with Crippen molar-refractivity contribution in [3.63, 3.8) is 0 Å². The number of thiophene rings is 1. The van der Waals surface area contributed by atoms with Gasteiger partial charge in [0.05, 0.1) is 10.3 Å². The number of hydrogen-bond donors (Lipinski definition) is 0. The summed E-state index contributed by atoms with van der Waals surface area (Å²) in [6.45, 7) is 9.10. The molecule has 0 radical (unpaired) electrons. The van der Waals surface area contributed by atoms with Crippen molar-refractivity contribution >= 4 is 40.7 Å². The molecule has 0 N–H and O–H groups in total. The van der Waals surface area contributed by atoms with Crippen LogP contribution in [0.25, 0.3) is 0 Å². The van der Waals surface area contributed by atoms with E-state index in [1.165, 1.54) is 11.3 Å². The van der Waals surface area contributed by atoms with Gasteiger partial charge in [-0.1, -0.05) is 53.1 Å². The number of carbonyl (C=O) groups excluding carboxylic acids is 3.